The van der Waals surface area contributed by atoms with Gasteiger partial charge in [-0.1, -0.05) is 24.3 Å². The highest BCUT2D eigenvalue weighted by Gasteiger charge is 2.14. The summed E-state index contributed by atoms with van der Waals surface area (Å²) in [6.07, 6.45) is 0. The number of morpholine rings is 1. The number of hydrogen-bond acceptors (Lipinski definition) is 3. The molecule has 0 spiro atoms. The second kappa shape index (κ2) is 4.26. The zero-order valence-electron chi connectivity index (χ0n) is 9.60. The summed E-state index contributed by atoms with van der Waals surface area (Å²) in [7, 11) is 0. The summed E-state index contributed by atoms with van der Waals surface area (Å²) in [4.78, 5) is 2.27. The van der Waals surface area contributed by atoms with Crippen molar-refractivity contribution in [3.8, 4) is 5.75 Å². The van der Waals surface area contributed by atoms with Crippen LogP contribution in [0.15, 0.2) is 36.4 Å². The second-order valence-electron chi connectivity index (χ2n) is 4.29. The molecule has 88 valence electrons. The molecule has 0 bridgehead atoms. The lowest BCUT2D eigenvalue weighted by Crippen LogP contribution is -2.36. The lowest BCUT2D eigenvalue weighted by molar-refractivity contribution is 0.123. The number of hydrogen-bond donors (Lipinski definition) is 1. The highest BCUT2D eigenvalue weighted by molar-refractivity contribution is 5.95. The van der Waals surface area contributed by atoms with E-state index in [1.54, 1.807) is 6.07 Å². The van der Waals surface area contributed by atoms with Crippen LogP contribution in [0.1, 0.15) is 0 Å². The van der Waals surface area contributed by atoms with Crippen LogP contribution in [0, 0.1) is 0 Å². The molecule has 0 aromatic heterocycles. The molecule has 17 heavy (non-hydrogen) atoms. The Morgan fingerprint density at radius 3 is 2.65 bits per heavy atom. The first-order valence-electron chi connectivity index (χ1n) is 5.89. The smallest absolute Gasteiger partial charge is 0.118 e. The van der Waals surface area contributed by atoms with Gasteiger partial charge in [-0.25, -0.2) is 0 Å². The van der Waals surface area contributed by atoms with Crippen LogP contribution in [0.2, 0.25) is 0 Å². The van der Waals surface area contributed by atoms with E-state index in [0.29, 0.717) is 5.75 Å². The predicted molar refractivity (Wildman–Crippen MR) is 68.6 cm³/mol. The molecule has 0 atom stereocenters. The number of anilines is 1. The summed E-state index contributed by atoms with van der Waals surface area (Å²) in [5.41, 5.74) is 1.10. The number of nitrogens with zero attached hydrogens (tertiary/aromatic N) is 1. The van der Waals surface area contributed by atoms with Crippen molar-refractivity contribution in [1.82, 2.24) is 0 Å². The van der Waals surface area contributed by atoms with Gasteiger partial charge in [0.25, 0.3) is 0 Å². The van der Waals surface area contributed by atoms with Crippen LogP contribution in [0.3, 0.4) is 0 Å². The molecule has 1 saturated heterocycles. The van der Waals surface area contributed by atoms with E-state index >= 15 is 0 Å². The Balaban J connectivity index is 2.13. The summed E-state index contributed by atoms with van der Waals surface area (Å²) in [6.45, 7) is 3.27. The molecule has 2 aromatic carbocycles. The third-order valence-electron chi connectivity index (χ3n) is 3.18. The number of ether oxygens (including phenoxy) is 1. The average molecular weight is 229 g/mol. The van der Waals surface area contributed by atoms with Crippen molar-refractivity contribution >= 4 is 16.5 Å². The number of phenols is 1. The van der Waals surface area contributed by atoms with Crippen molar-refractivity contribution in [2.24, 2.45) is 0 Å². The van der Waals surface area contributed by atoms with Crippen LogP contribution >= 0.6 is 0 Å². The quantitative estimate of drug-likeness (QED) is 0.815. The standard InChI is InChI=1S/C14H15NO2/c16-12-9-11-3-1-2-4-13(11)14(10-12)15-5-7-17-8-6-15/h1-4,9-10,16H,5-8H2. The van der Waals surface area contributed by atoms with Gasteiger partial charge >= 0.3 is 0 Å². The maximum Gasteiger partial charge on any atom is 0.118 e. The number of aromatic hydroxyl groups is 1. The van der Waals surface area contributed by atoms with Crippen LogP contribution in [-0.4, -0.2) is 31.4 Å². The predicted octanol–water partition coefficient (Wildman–Crippen LogP) is 2.38. The second-order valence-corrected chi connectivity index (χ2v) is 4.29. The molecule has 1 heterocycles. The van der Waals surface area contributed by atoms with Crippen LogP contribution in [-0.2, 0) is 4.74 Å². The maximum absolute atomic E-state index is 9.78. The third kappa shape index (κ3) is 1.94. The normalized spacial score (nSPS) is 16.4. The van der Waals surface area contributed by atoms with Crippen LogP contribution in [0.5, 0.6) is 5.75 Å². The summed E-state index contributed by atoms with van der Waals surface area (Å²) < 4.78 is 5.36. The molecule has 0 saturated carbocycles. The summed E-state index contributed by atoms with van der Waals surface area (Å²) in [6, 6.07) is 11.8. The third-order valence-corrected chi connectivity index (χ3v) is 3.18. The van der Waals surface area contributed by atoms with E-state index in [9.17, 15) is 5.11 Å². The Kier molecular flexibility index (Phi) is 2.61. The van der Waals surface area contributed by atoms with Gasteiger partial charge < -0.3 is 14.7 Å². The molecule has 3 heteroatoms. The fourth-order valence-corrected chi connectivity index (χ4v) is 2.34. The molecular weight excluding hydrogens is 214 g/mol. The van der Waals surface area contributed by atoms with Crippen molar-refractivity contribution in [2.45, 2.75) is 0 Å². The van der Waals surface area contributed by atoms with E-state index < -0.39 is 0 Å². The molecule has 1 aliphatic rings. The van der Waals surface area contributed by atoms with E-state index in [4.69, 9.17) is 4.74 Å². The largest absolute Gasteiger partial charge is 0.508 e. The van der Waals surface area contributed by atoms with Crippen LogP contribution in [0.4, 0.5) is 5.69 Å². The SMILES string of the molecule is Oc1cc(N2CCOCC2)c2ccccc2c1. The van der Waals surface area contributed by atoms with E-state index in [0.717, 1.165) is 37.4 Å². The molecule has 0 unspecified atom stereocenters. The Hall–Kier alpha value is -1.74. The lowest BCUT2D eigenvalue weighted by atomic mass is 10.1. The summed E-state index contributed by atoms with van der Waals surface area (Å²) >= 11 is 0. The van der Waals surface area contributed by atoms with Crippen molar-refractivity contribution in [2.75, 3.05) is 31.2 Å². The van der Waals surface area contributed by atoms with Crippen molar-refractivity contribution in [3.05, 3.63) is 36.4 Å². The summed E-state index contributed by atoms with van der Waals surface area (Å²) in [5, 5.41) is 12.0. The topological polar surface area (TPSA) is 32.7 Å². The van der Waals surface area contributed by atoms with E-state index in [2.05, 4.69) is 11.0 Å². The molecular formula is C14H15NO2. The van der Waals surface area contributed by atoms with Gasteiger partial charge in [0.2, 0.25) is 0 Å². The van der Waals surface area contributed by atoms with Gasteiger partial charge in [-0.3, -0.25) is 0 Å². The Morgan fingerprint density at radius 1 is 1.06 bits per heavy atom. The Labute approximate surface area is 100 Å². The van der Waals surface area contributed by atoms with Crippen molar-refractivity contribution < 1.29 is 9.84 Å². The number of fused-ring (bicyclic) bond motifs is 1. The zero-order valence-corrected chi connectivity index (χ0v) is 9.60. The number of benzene rings is 2. The number of phenolic OH excluding ortho intramolecular Hbond substituents is 1. The molecule has 3 nitrogen and oxygen atoms in total. The van der Waals surface area contributed by atoms with Gasteiger partial charge in [-0.2, -0.15) is 0 Å². The molecule has 0 radical (unpaired) electrons. The fraction of sp³-hybridized carbons (Fsp3) is 0.286. The molecule has 1 N–H and O–H groups in total. The van der Waals surface area contributed by atoms with Gasteiger partial charge in [0.15, 0.2) is 0 Å². The van der Waals surface area contributed by atoms with Crippen LogP contribution in [0.25, 0.3) is 10.8 Å². The maximum atomic E-state index is 9.78. The van der Waals surface area contributed by atoms with E-state index in [-0.39, 0.29) is 0 Å². The Morgan fingerprint density at radius 2 is 1.82 bits per heavy atom. The van der Waals surface area contributed by atoms with Gasteiger partial charge in [0.1, 0.15) is 5.75 Å². The van der Waals surface area contributed by atoms with Crippen LogP contribution < -0.4 is 4.90 Å². The summed E-state index contributed by atoms with van der Waals surface area (Å²) in [5.74, 6) is 0.324. The molecule has 1 fully saturated rings. The Bertz CT molecular complexity index is 533. The van der Waals surface area contributed by atoms with E-state index in [1.165, 1.54) is 5.39 Å². The van der Waals surface area contributed by atoms with Gasteiger partial charge in [0, 0.05) is 30.2 Å². The first kappa shape index (κ1) is 10.4. The minimum absolute atomic E-state index is 0.324. The highest BCUT2D eigenvalue weighted by atomic mass is 16.5. The molecule has 1 aliphatic heterocycles. The molecule has 0 aliphatic carbocycles. The molecule has 2 aromatic rings. The molecule has 0 amide bonds. The first-order valence-corrected chi connectivity index (χ1v) is 5.89. The van der Waals surface area contributed by atoms with Gasteiger partial charge in [-0.05, 0) is 11.5 Å². The minimum Gasteiger partial charge on any atom is -0.508 e. The van der Waals surface area contributed by atoms with E-state index in [1.807, 2.05) is 24.3 Å². The van der Waals surface area contributed by atoms with Gasteiger partial charge in [0.05, 0.1) is 13.2 Å². The number of rotatable bonds is 1. The zero-order chi connectivity index (χ0) is 11.7. The highest BCUT2D eigenvalue weighted by Crippen LogP contribution is 2.31. The average Bonchev–Trinajstić information content (AvgIpc) is 2.39. The first-order chi connectivity index (χ1) is 8.34. The van der Waals surface area contributed by atoms with Gasteiger partial charge in [-0.15, -0.1) is 0 Å². The van der Waals surface area contributed by atoms with Crippen molar-refractivity contribution in [3.63, 3.8) is 0 Å². The lowest BCUT2D eigenvalue weighted by Gasteiger charge is -2.30. The fourth-order valence-electron chi connectivity index (χ4n) is 2.34. The van der Waals surface area contributed by atoms with Crippen molar-refractivity contribution in [1.29, 1.82) is 0 Å². The minimum atomic E-state index is 0.324. The molecule has 3 rings (SSSR count). The monoisotopic (exact) mass is 229 g/mol.